The minimum Gasteiger partial charge on any atom is -0.354 e. The van der Waals surface area contributed by atoms with E-state index in [0.717, 1.165) is 34.9 Å². The molecule has 1 N–H and O–H groups in total. The quantitative estimate of drug-likeness (QED) is 0.323. The van der Waals surface area contributed by atoms with E-state index in [0.29, 0.717) is 25.2 Å². The number of nitrogens with zero attached hydrogens (tertiary/aromatic N) is 2. The molecule has 0 aliphatic heterocycles. The molecule has 0 aliphatic rings. The second kappa shape index (κ2) is 14.4. The van der Waals surface area contributed by atoms with Gasteiger partial charge in [0, 0.05) is 30.5 Å². The number of hydrogen-bond acceptors (Lipinski definition) is 4. The number of hydrogen-bond donors (Lipinski definition) is 1. The van der Waals surface area contributed by atoms with Crippen LogP contribution in [0, 0.1) is 0 Å². The van der Waals surface area contributed by atoms with Gasteiger partial charge in [-0.3, -0.25) is 13.9 Å². The van der Waals surface area contributed by atoms with Crippen molar-refractivity contribution < 1.29 is 18.0 Å². The second-order valence-corrected chi connectivity index (χ2v) is 11.7. The molecule has 0 heterocycles. The van der Waals surface area contributed by atoms with E-state index in [2.05, 4.69) is 28.2 Å². The van der Waals surface area contributed by atoms with Crippen LogP contribution >= 0.6 is 15.9 Å². The maximum absolute atomic E-state index is 13.3. The Bertz CT molecular complexity index is 1090. The van der Waals surface area contributed by atoms with Crippen molar-refractivity contribution in [1.29, 1.82) is 0 Å². The van der Waals surface area contributed by atoms with Gasteiger partial charge in [0.1, 0.15) is 6.04 Å². The largest absolute Gasteiger partial charge is 0.354 e. The zero-order chi connectivity index (χ0) is 26.7. The van der Waals surface area contributed by atoms with Gasteiger partial charge in [0.15, 0.2) is 0 Å². The Morgan fingerprint density at radius 1 is 0.972 bits per heavy atom. The number of carbonyl (C=O) groups is 2. The summed E-state index contributed by atoms with van der Waals surface area (Å²) in [4.78, 5) is 27.6. The topological polar surface area (TPSA) is 86.8 Å². The number of rotatable bonds is 14. The number of unbranched alkanes of at least 4 members (excludes halogenated alkanes) is 1. The molecule has 0 radical (unpaired) electrons. The van der Waals surface area contributed by atoms with Gasteiger partial charge in [-0.25, -0.2) is 8.42 Å². The normalized spacial score (nSPS) is 12.1. The molecule has 1 atom stereocenters. The van der Waals surface area contributed by atoms with Gasteiger partial charge in [-0.15, -0.1) is 0 Å². The predicted octanol–water partition coefficient (Wildman–Crippen LogP) is 4.89. The molecule has 7 nitrogen and oxygen atoms in total. The lowest BCUT2D eigenvalue weighted by Gasteiger charge is -2.29. The first-order valence-corrected chi connectivity index (χ1v) is 15.1. The summed E-state index contributed by atoms with van der Waals surface area (Å²) in [7, 11) is -3.51. The predicted molar refractivity (Wildman–Crippen MR) is 149 cm³/mol. The standard InChI is InChI=1S/C27H38BrN3O4S/c1-5-7-18-29-27(33)21(3)30(20-23-10-14-24(28)15-11-23)26(32)9-8-19-31(36(4,34)35)25-16-12-22(6-2)13-17-25/h10-17,21H,5-9,18-20H2,1-4H3,(H,29,33)/t21-/m0/s1. The summed E-state index contributed by atoms with van der Waals surface area (Å²) in [5.41, 5.74) is 2.61. The molecular formula is C27H38BrN3O4S. The maximum atomic E-state index is 13.3. The molecule has 0 saturated heterocycles. The molecule has 0 aromatic heterocycles. The molecule has 2 aromatic rings. The molecule has 0 bridgehead atoms. The minimum absolute atomic E-state index is 0.127. The van der Waals surface area contributed by atoms with Crippen molar-refractivity contribution in [2.24, 2.45) is 0 Å². The summed E-state index contributed by atoms with van der Waals surface area (Å²) in [5.74, 6) is -0.381. The van der Waals surface area contributed by atoms with Gasteiger partial charge in [0.25, 0.3) is 0 Å². The highest BCUT2D eigenvalue weighted by atomic mass is 79.9. The van der Waals surface area contributed by atoms with Crippen molar-refractivity contribution >= 4 is 43.5 Å². The van der Waals surface area contributed by atoms with E-state index in [-0.39, 0.29) is 24.8 Å². The first kappa shape index (κ1) is 29.8. The fraction of sp³-hybridized carbons (Fsp3) is 0.481. The highest BCUT2D eigenvalue weighted by molar-refractivity contribution is 9.10. The molecule has 36 heavy (non-hydrogen) atoms. The van der Waals surface area contributed by atoms with Gasteiger partial charge in [-0.2, -0.15) is 0 Å². The Labute approximate surface area is 224 Å². The van der Waals surface area contributed by atoms with Crippen molar-refractivity contribution in [2.75, 3.05) is 23.7 Å². The van der Waals surface area contributed by atoms with E-state index in [1.807, 2.05) is 43.3 Å². The Hall–Kier alpha value is -2.39. The van der Waals surface area contributed by atoms with Gasteiger partial charge < -0.3 is 10.2 Å². The average Bonchev–Trinajstić information content (AvgIpc) is 2.85. The van der Waals surface area contributed by atoms with Crippen molar-refractivity contribution in [1.82, 2.24) is 10.2 Å². The Kier molecular flexibility index (Phi) is 11.9. The van der Waals surface area contributed by atoms with Crippen molar-refractivity contribution in [3.63, 3.8) is 0 Å². The number of aryl methyl sites for hydroxylation is 1. The van der Waals surface area contributed by atoms with Crippen molar-refractivity contribution in [3.05, 3.63) is 64.1 Å². The molecular weight excluding hydrogens is 542 g/mol. The lowest BCUT2D eigenvalue weighted by molar-refractivity contribution is -0.140. The molecule has 9 heteroatoms. The van der Waals surface area contributed by atoms with Gasteiger partial charge in [-0.1, -0.05) is 60.5 Å². The Morgan fingerprint density at radius 2 is 1.58 bits per heavy atom. The van der Waals surface area contributed by atoms with Crippen LogP contribution < -0.4 is 9.62 Å². The van der Waals surface area contributed by atoms with Crippen LogP contribution in [0.3, 0.4) is 0 Å². The van der Waals surface area contributed by atoms with Crippen LogP contribution in [0.2, 0.25) is 0 Å². The summed E-state index contributed by atoms with van der Waals surface area (Å²) in [6.45, 7) is 6.87. The lowest BCUT2D eigenvalue weighted by atomic mass is 10.1. The zero-order valence-electron chi connectivity index (χ0n) is 21.7. The van der Waals surface area contributed by atoms with E-state index in [1.165, 1.54) is 10.6 Å². The van der Waals surface area contributed by atoms with E-state index in [9.17, 15) is 18.0 Å². The van der Waals surface area contributed by atoms with E-state index >= 15 is 0 Å². The van der Waals surface area contributed by atoms with Crippen LogP contribution in [0.5, 0.6) is 0 Å². The van der Waals surface area contributed by atoms with E-state index in [1.54, 1.807) is 24.0 Å². The molecule has 0 spiro atoms. The third-order valence-corrected chi connectivity index (χ3v) is 7.77. The highest BCUT2D eigenvalue weighted by Crippen LogP contribution is 2.20. The second-order valence-electron chi connectivity index (χ2n) is 8.93. The fourth-order valence-electron chi connectivity index (χ4n) is 3.81. The molecule has 2 rings (SSSR count). The van der Waals surface area contributed by atoms with Crippen molar-refractivity contribution in [3.8, 4) is 0 Å². The third kappa shape index (κ3) is 9.24. The molecule has 2 aromatic carbocycles. The molecule has 0 saturated carbocycles. The first-order valence-electron chi connectivity index (χ1n) is 12.4. The molecule has 0 unspecified atom stereocenters. The van der Waals surface area contributed by atoms with Crippen LogP contribution in [-0.2, 0) is 32.6 Å². The fourth-order valence-corrected chi connectivity index (χ4v) is 5.04. The number of amides is 2. The minimum atomic E-state index is -3.51. The van der Waals surface area contributed by atoms with E-state index in [4.69, 9.17) is 0 Å². The lowest BCUT2D eigenvalue weighted by Crippen LogP contribution is -2.47. The number of sulfonamides is 1. The van der Waals surface area contributed by atoms with Crippen LogP contribution in [-0.4, -0.2) is 50.5 Å². The van der Waals surface area contributed by atoms with Crippen LogP contribution in [0.25, 0.3) is 0 Å². The van der Waals surface area contributed by atoms with Gasteiger partial charge in [0.05, 0.1) is 11.9 Å². The van der Waals surface area contributed by atoms with Crippen LogP contribution in [0.1, 0.15) is 57.6 Å². The Balaban J connectivity index is 2.13. The average molecular weight is 581 g/mol. The van der Waals surface area contributed by atoms with Crippen LogP contribution in [0.15, 0.2) is 53.0 Å². The van der Waals surface area contributed by atoms with Gasteiger partial charge >= 0.3 is 0 Å². The highest BCUT2D eigenvalue weighted by Gasteiger charge is 2.26. The first-order chi connectivity index (χ1) is 17.1. The monoisotopic (exact) mass is 579 g/mol. The number of nitrogens with one attached hydrogen (secondary N) is 1. The summed E-state index contributed by atoms with van der Waals surface area (Å²) in [6.07, 6.45) is 4.34. The summed E-state index contributed by atoms with van der Waals surface area (Å²) in [5, 5.41) is 2.91. The number of benzene rings is 2. The number of anilines is 1. The molecule has 0 fully saturated rings. The van der Waals surface area contributed by atoms with Crippen molar-refractivity contribution in [2.45, 2.75) is 65.5 Å². The third-order valence-electron chi connectivity index (χ3n) is 6.05. The van der Waals surface area contributed by atoms with E-state index < -0.39 is 16.1 Å². The molecule has 0 aliphatic carbocycles. The zero-order valence-corrected chi connectivity index (χ0v) is 24.1. The SMILES string of the molecule is CCCCNC(=O)[C@H](C)N(Cc1ccc(Br)cc1)C(=O)CCCN(c1ccc(CC)cc1)S(C)(=O)=O. The number of carbonyl (C=O) groups excluding carboxylic acids is 2. The van der Waals surface area contributed by atoms with Gasteiger partial charge in [-0.05, 0) is 61.6 Å². The summed E-state index contributed by atoms with van der Waals surface area (Å²) < 4.78 is 27.2. The molecule has 2 amide bonds. The summed E-state index contributed by atoms with van der Waals surface area (Å²) >= 11 is 3.42. The molecule has 198 valence electrons. The Morgan fingerprint density at radius 3 is 2.14 bits per heavy atom. The summed E-state index contributed by atoms with van der Waals surface area (Å²) in [6, 6.07) is 14.4. The maximum Gasteiger partial charge on any atom is 0.242 e. The smallest absolute Gasteiger partial charge is 0.242 e. The number of halogens is 1. The van der Waals surface area contributed by atoms with Gasteiger partial charge in [0.2, 0.25) is 21.8 Å². The van der Waals surface area contributed by atoms with Crippen LogP contribution in [0.4, 0.5) is 5.69 Å².